The number of hydrogen-bond donors (Lipinski definition) is 0. The molecule has 0 fully saturated rings. The van der Waals surface area contributed by atoms with Gasteiger partial charge in [0, 0.05) is 29.6 Å². The van der Waals surface area contributed by atoms with E-state index in [0.29, 0.717) is 31.0 Å². The Bertz CT molecular complexity index is 1140. The van der Waals surface area contributed by atoms with Gasteiger partial charge in [0.1, 0.15) is 24.7 Å². The largest absolute Gasteiger partial charge is 0.497 e. The van der Waals surface area contributed by atoms with Crippen molar-refractivity contribution in [3.05, 3.63) is 82.0 Å². The van der Waals surface area contributed by atoms with Crippen molar-refractivity contribution in [1.82, 2.24) is 9.80 Å². The minimum absolute atomic E-state index is 0.0427. The summed E-state index contributed by atoms with van der Waals surface area (Å²) >= 11 is 1.72. The molecule has 1 aliphatic heterocycles. The maximum Gasteiger partial charge on any atom is 0.254 e. The van der Waals surface area contributed by atoms with Crippen LogP contribution in [0.15, 0.2) is 66.0 Å². The average molecular weight is 493 g/mol. The first-order valence-corrected chi connectivity index (χ1v) is 12.8. The molecule has 2 amide bonds. The molecule has 0 aliphatic carbocycles. The molecule has 0 radical (unpaired) electrons. The fourth-order valence-corrected chi connectivity index (χ4v) is 5.35. The Labute approximate surface area is 211 Å². The van der Waals surface area contributed by atoms with Crippen molar-refractivity contribution < 1.29 is 19.1 Å². The highest BCUT2D eigenvalue weighted by Gasteiger charge is 2.33. The van der Waals surface area contributed by atoms with Gasteiger partial charge >= 0.3 is 0 Å². The van der Waals surface area contributed by atoms with Crippen LogP contribution >= 0.6 is 11.3 Å². The smallest absolute Gasteiger partial charge is 0.254 e. The number of thiophene rings is 1. The van der Waals surface area contributed by atoms with Gasteiger partial charge in [0.25, 0.3) is 5.91 Å². The van der Waals surface area contributed by atoms with Crippen molar-refractivity contribution in [3.63, 3.8) is 0 Å². The third kappa shape index (κ3) is 6.03. The predicted molar refractivity (Wildman–Crippen MR) is 138 cm³/mol. The lowest BCUT2D eigenvalue weighted by Gasteiger charge is -2.37. The summed E-state index contributed by atoms with van der Waals surface area (Å²) in [6, 6.07) is 18.5. The first-order chi connectivity index (χ1) is 17.0. The fourth-order valence-electron chi connectivity index (χ4n) is 4.42. The number of nitrogens with zero attached hydrogens (tertiary/aromatic N) is 2. The van der Waals surface area contributed by atoms with E-state index in [-0.39, 0.29) is 30.3 Å². The van der Waals surface area contributed by atoms with Gasteiger partial charge in [-0.3, -0.25) is 9.59 Å². The molecule has 6 nitrogen and oxygen atoms in total. The van der Waals surface area contributed by atoms with Crippen LogP contribution in [-0.2, 0) is 11.2 Å². The molecule has 0 spiro atoms. The molecule has 184 valence electrons. The molecule has 1 aliphatic rings. The Morgan fingerprint density at radius 1 is 1.09 bits per heavy atom. The highest BCUT2D eigenvalue weighted by molar-refractivity contribution is 7.10. The molecule has 0 saturated heterocycles. The Balaban J connectivity index is 1.53. The third-order valence-electron chi connectivity index (χ3n) is 6.08. The van der Waals surface area contributed by atoms with Crippen LogP contribution in [0.1, 0.15) is 40.7 Å². The number of hydrogen-bond acceptors (Lipinski definition) is 5. The van der Waals surface area contributed by atoms with E-state index in [9.17, 15) is 9.59 Å². The zero-order valence-electron chi connectivity index (χ0n) is 20.5. The first kappa shape index (κ1) is 24.8. The molecule has 0 saturated carbocycles. The monoisotopic (exact) mass is 492 g/mol. The Hall–Kier alpha value is -3.32. The van der Waals surface area contributed by atoms with Crippen LogP contribution < -0.4 is 9.47 Å². The summed E-state index contributed by atoms with van der Waals surface area (Å²) in [7, 11) is 1.62. The summed E-state index contributed by atoms with van der Waals surface area (Å²) in [5.74, 6) is 1.47. The molecule has 2 heterocycles. The van der Waals surface area contributed by atoms with Crippen molar-refractivity contribution in [2.75, 3.05) is 33.4 Å². The summed E-state index contributed by atoms with van der Waals surface area (Å²) in [6.07, 6.45) is 0.811. The van der Waals surface area contributed by atoms with Crippen LogP contribution in [0.3, 0.4) is 0 Å². The highest BCUT2D eigenvalue weighted by atomic mass is 32.1. The molecule has 0 unspecified atom stereocenters. The summed E-state index contributed by atoms with van der Waals surface area (Å²) in [5, 5.41) is 2.07. The predicted octanol–water partition coefficient (Wildman–Crippen LogP) is 5.06. The maximum atomic E-state index is 13.6. The lowest BCUT2D eigenvalue weighted by Crippen LogP contribution is -2.48. The number of methoxy groups -OCH3 is 1. The van der Waals surface area contributed by atoms with E-state index < -0.39 is 0 Å². The topological polar surface area (TPSA) is 59.1 Å². The summed E-state index contributed by atoms with van der Waals surface area (Å²) in [5.41, 5.74) is 1.72. The van der Waals surface area contributed by atoms with Gasteiger partial charge in [-0.05, 0) is 53.6 Å². The van der Waals surface area contributed by atoms with Crippen LogP contribution in [0.5, 0.6) is 11.5 Å². The second kappa shape index (κ2) is 11.4. The van der Waals surface area contributed by atoms with E-state index in [1.807, 2.05) is 47.4 Å². The second-order valence-corrected chi connectivity index (χ2v) is 10.1. The molecule has 7 heteroatoms. The van der Waals surface area contributed by atoms with Gasteiger partial charge in [-0.1, -0.05) is 38.1 Å². The van der Waals surface area contributed by atoms with E-state index in [4.69, 9.17) is 9.47 Å². The molecule has 3 aromatic rings. The Morgan fingerprint density at radius 2 is 1.86 bits per heavy atom. The maximum absolute atomic E-state index is 13.6. The van der Waals surface area contributed by atoms with Crippen molar-refractivity contribution in [1.29, 1.82) is 0 Å². The van der Waals surface area contributed by atoms with E-state index in [0.717, 1.165) is 17.7 Å². The van der Waals surface area contributed by atoms with Crippen LogP contribution in [0.2, 0.25) is 0 Å². The molecule has 1 atom stereocenters. The Morgan fingerprint density at radius 3 is 2.60 bits per heavy atom. The van der Waals surface area contributed by atoms with Gasteiger partial charge in [0.05, 0.1) is 13.2 Å². The van der Waals surface area contributed by atoms with Crippen LogP contribution in [0.4, 0.5) is 0 Å². The van der Waals surface area contributed by atoms with E-state index in [1.54, 1.807) is 35.5 Å². The first-order valence-electron chi connectivity index (χ1n) is 11.9. The SMILES string of the molecule is COc1cccc(OC[C@H]2c3ccsc3CCN2C(=O)CN(CC(C)C)C(=O)c2ccccc2)c1. The van der Waals surface area contributed by atoms with Gasteiger partial charge in [0.15, 0.2) is 0 Å². The summed E-state index contributed by atoms with van der Waals surface area (Å²) < 4.78 is 11.4. The molecular weight excluding hydrogens is 460 g/mol. The number of carbonyl (C=O) groups is 2. The molecular formula is C28H32N2O4S. The summed E-state index contributed by atoms with van der Waals surface area (Å²) in [6.45, 7) is 5.61. The van der Waals surface area contributed by atoms with Gasteiger partial charge < -0.3 is 19.3 Å². The number of carbonyl (C=O) groups excluding carboxylic acids is 2. The molecule has 0 N–H and O–H groups in total. The standard InChI is InChI=1S/C28H32N2O4S/c1-20(2)17-29(28(32)21-8-5-4-6-9-21)18-27(31)30-14-12-26-24(13-15-35-26)25(30)19-34-23-11-7-10-22(16-23)33-3/h4-11,13,15-16,20,25H,12,14,17-19H2,1-3H3/t25-/m0/s1. The van der Waals surface area contributed by atoms with Crippen LogP contribution in [-0.4, -0.2) is 55.0 Å². The molecule has 4 rings (SSSR count). The fraction of sp³-hybridized carbons (Fsp3) is 0.357. The normalized spacial score (nSPS) is 15.0. The van der Waals surface area contributed by atoms with Crippen LogP contribution in [0.25, 0.3) is 0 Å². The zero-order valence-corrected chi connectivity index (χ0v) is 21.3. The van der Waals surface area contributed by atoms with Crippen molar-refractivity contribution in [3.8, 4) is 11.5 Å². The third-order valence-corrected chi connectivity index (χ3v) is 7.08. The van der Waals surface area contributed by atoms with E-state index >= 15 is 0 Å². The van der Waals surface area contributed by atoms with Crippen LogP contribution in [0, 0.1) is 5.92 Å². The molecule has 2 aromatic carbocycles. The quantitative estimate of drug-likeness (QED) is 0.419. The number of ether oxygens (including phenoxy) is 2. The van der Waals surface area contributed by atoms with Gasteiger partial charge in [-0.2, -0.15) is 0 Å². The lowest BCUT2D eigenvalue weighted by molar-refractivity contribution is -0.135. The lowest BCUT2D eigenvalue weighted by atomic mass is 10.00. The van der Waals surface area contributed by atoms with Gasteiger partial charge in [-0.25, -0.2) is 0 Å². The van der Waals surface area contributed by atoms with Gasteiger partial charge in [0.2, 0.25) is 5.91 Å². The Kier molecular flexibility index (Phi) is 8.08. The summed E-state index contributed by atoms with van der Waals surface area (Å²) in [4.78, 5) is 31.7. The number of amides is 2. The minimum atomic E-state index is -0.212. The number of fused-ring (bicyclic) bond motifs is 1. The molecule has 35 heavy (non-hydrogen) atoms. The molecule has 0 bridgehead atoms. The average Bonchev–Trinajstić information content (AvgIpc) is 3.36. The second-order valence-electron chi connectivity index (χ2n) is 9.09. The highest BCUT2D eigenvalue weighted by Crippen LogP contribution is 2.34. The van der Waals surface area contributed by atoms with E-state index in [1.165, 1.54) is 4.88 Å². The van der Waals surface area contributed by atoms with Crippen molar-refractivity contribution >= 4 is 23.2 Å². The zero-order chi connectivity index (χ0) is 24.8. The minimum Gasteiger partial charge on any atom is -0.497 e. The van der Waals surface area contributed by atoms with Crippen molar-refractivity contribution in [2.45, 2.75) is 26.3 Å². The van der Waals surface area contributed by atoms with Gasteiger partial charge in [-0.15, -0.1) is 11.3 Å². The number of rotatable bonds is 9. The number of benzene rings is 2. The van der Waals surface area contributed by atoms with Crippen molar-refractivity contribution in [2.24, 2.45) is 5.92 Å². The molecule has 1 aromatic heterocycles. The van der Waals surface area contributed by atoms with E-state index in [2.05, 4.69) is 25.3 Å².